The van der Waals surface area contributed by atoms with Crippen molar-refractivity contribution in [1.82, 2.24) is 5.43 Å². The molecule has 0 atom stereocenters. The molecule has 1 heterocycles. The highest BCUT2D eigenvalue weighted by Crippen LogP contribution is 2.31. The zero-order chi connectivity index (χ0) is 21.1. The van der Waals surface area contributed by atoms with Gasteiger partial charge in [-0.2, -0.15) is 5.10 Å². The normalized spacial score (nSPS) is 11.2. The smallest absolute Gasteiger partial charge is 0.307 e. The van der Waals surface area contributed by atoms with E-state index in [2.05, 4.69) is 17.1 Å². The molecule has 4 aromatic rings. The number of aromatic hydroxyl groups is 1. The van der Waals surface area contributed by atoms with Gasteiger partial charge in [0.1, 0.15) is 5.58 Å². The Morgan fingerprint density at radius 2 is 2.03 bits per heavy atom. The largest absolute Gasteiger partial charge is 0.504 e. The van der Waals surface area contributed by atoms with E-state index in [1.165, 1.54) is 13.3 Å². The number of nitrogens with zero attached hydrogens (tertiary/aromatic N) is 1. The van der Waals surface area contributed by atoms with Crippen molar-refractivity contribution in [3.05, 3.63) is 84.1 Å². The summed E-state index contributed by atoms with van der Waals surface area (Å²) in [4.78, 5) is 12.5. The average Bonchev–Trinajstić information content (AvgIpc) is 3.21. The Balaban J connectivity index is 1.56. The van der Waals surface area contributed by atoms with Crippen molar-refractivity contribution < 1.29 is 19.1 Å². The van der Waals surface area contributed by atoms with Gasteiger partial charge >= 0.3 is 5.91 Å². The van der Waals surface area contributed by atoms with E-state index in [0.29, 0.717) is 28.9 Å². The number of rotatable bonds is 6. The van der Waals surface area contributed by atoms with E-state index >= 15 is 0 Å². The second-order valence-electron chi connectivity index (χ2n) is 6.73. The molecule has 0 radical (unpaired) electrons. The third-order valence-corrected chi connectivity index (χ3v) is 4.79. The molecule has 0 aliphatic rings. The number of allylic oxidation sites excluding steroid dienone is 1. The lowest BCUT2D eigenvalue weighted by Gasteiger charge is -2.09. The topological polar surface area (TPSA) is 84.1 Å². The Hall–Kier alpha value is -4.06. The molecule has 0 saturated heterocycles. The van der Waals surface area contributed by atoms with Crippen molar-refractivity contribution in [2.24, 2.45) is 5.10 Å². The molecule has 0 aliphatic carbocycles. The number of benzene rings is 3. The van der Waals surface area contributed by atoms with Gasteiger partial charge in [-0.05, 0) is 47.0 Å². The van der Waals surface area contributed by atoms with Gasteiger partial charge < -0.3 is 14.3 Å². The SMILES string of the molecule is C=CCc1cc(/C=N/NC(=O)c2cc3c(ccc4ccccc43)o2)cc(OC)c1O. The van der Waals surface area contributed by atoms with E-state index in [4.69, 9.17) is 9.15 Å². The van der Waals surface area contributed by atoms with Crippen LogP contribution in [-0.4, -0.2) is 24.3 Å². The highest BCUT2D eigenvalue weighted by Gasteiger charge is 2.14. The van der Waals surface area contributed by atoms with Gasteiger partial charge in [-0.1, -0.05) is 36.4 Å². The standard InChI is InChI=1S/C24H20N2O4/c1-3-6-17-11-15(12-21(29-2)23(17)27)14-25-26-24(28)22-13-19-18-8-5-4-7-16(18)9-10-20(19)30-22/h3-5,7-14,27H,1,6H2,2H3,(H,26,28)/b25-14+. The molecule has 0 unspecified atom stereocenters. The second-order valence-corrected chi connectivity index (χ2v) is 6.73. The molecule has 3 aromatic carbocycles. The number of carbonyl (C=O) groups is 1. The maximum atomic E-state index is 12.5. The number of carbonyl (C=O) groups excluding carboxylic acids is 1. The van der Waals surface area contributed by atoms with E-state index in [9.17, 15) is 9.90 Å². The Kier molecular flexibility index (Phi) is 5.22. The molecule has 4 rings (SSSR count). The third-order valence-electron chi connectivity index (χ3n) is 4.79. The fraction of sp³-hybridized carbons (Fsp3) is 0.0833. The molecule has 0 fully saturated rings. The maximum Gasteiger partial charge on any atom is 0.307 e. The summed E-state index contributed by atoms with van der Waals surface area (Å²) in [6.07, 6.45) is 3.64. The first-order chi connectivity index (χ1) is 14.6. The molecule has 30 heavy (non-hydrogen) atoms. The molecule has 6 nitrogen and oxygen atoms in total. The first-order valence-electron chi connectivity index (χ1n) is 9.36. The Labute approximate surface area is 173 Å². The predicted molar refractivity (Wildman–Crippen MR) is 117 cm³/mol. The van der Waals surface area contributed by atoms with E-state index in [1.807, 2.05) is 36.4 Å². The van der Waals surface area contributed by atoms with E-state index in [-0.39, 0.29) is 11.5 Å². The van der Waals surface area contributed by atoms with Crippen LogP contribution in [0, 0.1) is 0 Å². The molecule has 0 bridgehead atoms. The van der Waals surface area contributed by atoms with Crippen molar-refractivity contribution in [1.29, 1.82) is 0 Å². The van der Waals surface area contributed by atoms with Crippen LogP contribution in [0.3, 0.4) is 0 Å². The number of amides is 1. The fourth-order valence-corrected chi connectivity index (χ4v) is 3.36. The lowest BCUT2D eigenvalue weighted by Crippen LogP contribution is -2.16. The predicted octanol–water partition coefficient (Wildman–Crippen LogP) is 4.79. The number of fused-ring (bicyclic) bond motifs is 3. The van der Waals surface area contributed by atoms with Gasteiger partial charge in [-0.15, -0.1) is 6.58 Å². The Bertz CT molecular complexity index is 1290. The van der Waals surface area contributed by atoms with Gasteiger partial charge in [-0.25, -0.2) is 5.43 Å². The first-order valence-corrected chi connectivity index (χ1v) is 9.36. The van der Waals surface area contributed by atoms with Crippen molar-refractivity contribution in [3.63, 3.8) is 0 Å². The summed E-state index contributed by atoms with van der Waals surface area (Å²) < 4.78 is 10.9. The van der Waals surface area contributed by atoms with Crippen LogP contribution >= 0.6 is 0 Å². The van der Waals surface area contributed by atoms with Crippen molar-refractivity contribution in [3.8, 4) is 11.5 Å². The number of phenols is 1. The van der Waals surface area contributed by atoms with Crippen molar-refractivity contribution >= 4 is 33.9 Å². The molecular formula is C24H20N2O4. The first kappa shape index (κ1) is 19.3. The van der Waals surface area contributed by atoms with E-state index in [1.54, 1.807) is 24.3 Å². The molecule has 6 heteroatoms. The van der Waals surface area contributed by atoms with E-state index < -0.39 is 5.91 Å². The molecule has 0 aliphatic heterocycles. The van der Waals surface area contributed by atoms with Gasteiger partial charge in [-0.3, -0.25) is 4.79 Å². The van der Waals surface area contributed by atoms with Gasteiger partial charge in [0.05, 0.1) is 13.3 Å². The number of phenolic OH excluding ortho intramolecular Hbond substituents is 1. The van der Waals surface area contributed by atoms with Crippen LogP contribution in [0.25, 0.3) is 21.7 Å². The van der Waals surface area contributed by atoms with Crippen LogP contribution in [0.5, 0.6) is 11.5 Å². The summed E-state index contributed by atoms with van der Waals surface area (Å²) in [5.41, 5.74) is 4.43. The van der Waals surface area contributed by atoms with Crippen LogP contribution in [0.15, 0.2) is 76.8 Å². The average molecular weight is 400 g/mol. The number of ether oxygens (including phenoxy) is 1. The van der Waals surface area contributed by atoms with Crippen LogP contribution < -0.4 is 10.2 Å². The molecule has 1 amide bonds. The molecular weight excluding hydrogens is 380 g/mol. The number of furan rings is 1. The van der Waals surface area contributed by atoms with Gasteiger partial charge in [0, 0.05) is 10.9 Å². The zero-order valence-electron chi connectivity index (χ0n) is 16.4. The number of hydrogen-bond acceptors (Lipinski definition) is 5. The molecule has 2 N–H and O–H groups in total. The minimum Gasteiger partial charge on any atom is -0.504 e. The molecule has 1 aromatic heterocycles. The third kappa shape index (κ3) is 3.63. The number of methoxy groups -OCH3 is 1. The number of hydrogen-bond donors (Lipinski definition) is 2. The van der Waals surface area contributed by atoms with Gasteiger partial charge in [0.2, 0.25) is 0 Å². The van der Waals surface area contributed by atoms with Crippen LogP contribution in [0.4, 0.5) is 0 Å². The minimum atomic E-state index is -0.455. The zero-order valence-corrected chi connectivity index (χ0v) is 16.4. The summed E-state index contributed by atoms with van der Waals surface area (Å²) >= 11 is 0. The highest BCUT2D eigenvalue weighted by atomic mass is 16.5. The monoisotopic (exact) mass is 400 g/mol. The summed E-state index contributed by atoms with van der Waals surface area (Å²) in [5, 5.41) is 17.1. The minimum absolute atomic E-state index is 0.0630. The van der Waals surface area contributed by atoms with Crippen LogP contribution in [-0.2, 0) is 6.42 Å². The molecule has 150 valence electrons. The summed E-state index contributed by atoms with van der Waals surface area (Å²) in [5.74, 6) is 0.108. The Morgan fingerprint density at radius 1 is 1.20 bits per heavy atom. The van der Waals surface area contributed by atoms with Crippen LogP contribution in [0.1, 0.15) is 21.7 Å². The maximum absolute atomic E-state index is 12.5. The summed E-state index contributed by atoms with van der Waals surface area (Å²) in [7, 11) is 1.47. The van der Waals surface area contributed by atoms with Gasteiger partial charge in [0.15, 0.2) is 17.3 Å². The summed E-state index contributed by atoms with van der Waals surface area (Å²) in [6, 6.07) is 16.8. The van der Waals surface area contributed by atoms with E-state index in [0.717, 1.165) is 16.2 Å². The van der Waals surface area contributed by atoms with Crippen molar-refractivity contribution in [2.75, 3.05) is 7.11 Å². The summed E-state index contributed by atoms with van der Waals surface area (Å²) in [6.45, 7) is 3.69. The highest BCUT2D eigenvalue weighted by molar-refractivity contribution is 6.08. The lowest BCUT2D eigenvalue weighted by atomic mass is 10.1. The van der Waals surface area contributed by atoms with Gasteiger partial charge in [0.25, 0.3) is 0 Å². The molecule has 0 spiro atoms. The Morgan fingerprint density at radius 3 is 2.83 bits per heavy atom. The lowest BCUT2D eigenvalue weighted by molar-refractivity contribution is 0.0929. The molecule has 0 saturated carbocycles. The fourth-order valence-electron chi connectivity index (χ4n) is 3.36. The van der Waals surface area contributed by atoms with Crippen LogP contribution in [0.2, 0.25) is 0 Å². The second kappa shape index (κ2) is 8.13. The van der Waals surface area contributed by atoms with Crippen molar-refractivity contribution in [2.45, 2.75) is 6.42 Å². The quantitative estimate of drug-likeness (QED) is 0.277. The number of nitrogens with one attached hydrogen (secondary N) is 1. The number of hydrazone groups is 1.